The highest BCUT2D eigenvalue weighted by Crippen LogP contribution is 2.20. The minimum absolute atomic E-state index is 0.288. The third-order valence-electron chi connectivity index (χ3n) is 4.58. The van der Waals surface area contributed by atoms with Crippen LogP contribution in [0.3, 0.4) is 0 Å². The van der Waals surface area contributed by atoms with Crippen LogP contribution in [0, 0.1) is 5.82 Å². The molecule has 1 aromatic carbocycles. The number of aliphatic hydroxyl groups is 1. The molecule has 0 unspecified atom stereocenters. The van der Waals surface area contributed by atoms with Crippen LogP contribution in [0.5, 0.6) is 0 Å². The van der Waals surface area contributed by atoms with E-state index < -0.39 is 0 Å². The zero-order valence-corrected chi connectivity index (χ0v) is 14.7. The van der Waals surface area contributed by atoms with Gasteiger partial charge >= 0.3 is 0 Å². The summed E-state index contributed by atoms with van der Waals surface area (Å²) in [5.74, 6) is 0.692. The minimum atomic E-state index is -0.310. The van der Waals surface area contributed by atoms with Gasteiger partial charge in [-0.25, -0.2) is 4.39 Å². The van der Waals surface area contributed by atoms with Crippen LogP contribution in [0.25, 0.3) is 11.5 Å². The molecule has 2 atom stereocenters. The number of halogens is 1. The normalized spacial score (nSPS) is 20.7. The Bertz CT molecular complexity index is 674. The van der Waals surface area contributed by atoms with Crippen molar-refractivity contribution in [3.8, 4) is 11.5 Å². The number of hydrogen-bond donors (Lipinski definition) is 1. The first-order valence-corrected chi connectivity index (χ1v) is 8.78. The maximum atomic E-state index is 13.0. The highest BCUT2D eigenvalue weighted by molar-refractivity contribution is 5.51. The molecule has 0 bridgehead atoms. The van der Waals surface area contributed by atoms with E-state index >= 15 is 0 Å². The van der Waals surface area contributed by atoms with Crippen LogP contribution in [-0.4, -0.2) is 63.4 Å². The number of aliphatic hydroxyl groups excluding tert-OH is 1. The van der Waals surface area contributed by atoms with Gasteiger partial charge in [-0.1, -0.05) is 6.92 Å². The molecule has 0 radical (unpaired) electrons. The van der Waals surface area contributed by atoms with Crippen LogP contribution >= 0.6 is 0 Å². The second-order valence-electron chi connectivity index (χ2n) is 6.65. The van der Waals surface area contributed by atoms with E-state index in [1.807, 2.05) is 6.92 Å². The summed E-state index contributed by atoms with van der Waals surface area (Å²) in [6, 6.07) is 6.45. The smallest absolute Gasteiger partial charge is 0.247 e. The number of benzene rings is 1. The fraction of sp³-hybridized carbons (Fsp3) is 0.556. The summed E-state index contributed by atoms with van der Waals surface area (Å²) < 4.78 is 18.7. The molecule has 6 nitrogen and oxygen atoms in total. The van der Waals surface area contributed by atoms with E-state index in [2.05, 4.69) is 26.9 Å². The van der Waals surface area contributed by atoms with Gasteiger partial charge in [0.25, 0.3) is 0 Å². The minimum Gasteiger partial charge on any atom is -0.419 e. The number of piperazine rings is 1. The molecule has 1 fully saturated rings. The lowest BCUT2D eigenvalue weighted by Gasteiger charge is -2.41. The molecular weight excluding hydrogens is 323 g/mol. The monoisotopic (exact) mass is 348 g/mol. The first kappa shape index (κ1) is 18.0. The Labute approximate surface area is 147 Å². The second-order valence-corrected chi connectivity index (χ2v) is 6.65. The van der Waals surface area contributed by atoms with Crippen molar-refractivity contribution in [2.24, 2.45) is 0 Å². The molecule has 7 heteroatoms. The number of β-amino-alcohol motifs (C(OH)–C–C–N with tert-alkyl or cyclic N) is 1. The molecule has 0 aliphatic carbocycles. The maximum absolute atomic E-state index is 13.0. The SMILES string of the molecule is CC[C@@H]1CN(Cc2nnc(-c3ccc(F)cc3)o2)CCN1C[C@@H](C)O. The maximum Gasteiger partial charge on any atom is 0.247 e. The van der Waals surface area contributed by atoms with Crippen molar-refractivity contribution in [2.75, 3.05) is 26.2 Å². The van der Waals surface area contributed by atoms with Crippen LogP contribution in [-0.2, 0) is 6.54 Å². The fourth-order valence-corrected chi connectivity index (χ4v) is 3.29. The Hall–Kier alpha value is -1.83. The lowest BCUT2D eigenvalue weighted by atomic mass is 10.1. The molecule has 1 saturated heterocycles. The third-order valence-corrected chi connectivity index (χ3v) is 4.58. The summed E-state index contributed by atoms with van der Waals surface area (Å²) in [6.07, 6.45) is 0.725. The molecule has 1 aromatic heterocycles. The van der Waals surface area contributed by atoms with E-state index in [4.69, 9.17) is 4.42 Å². The van der Waals surface area contributed by atoms with Crippen LogP contribution in [0.15, 0.2) is 28.7 Å². The average Bonchev–Trinajstić information content (AvgIpc) is 3.05. The van der Waals surface area contributed by atoms with Gasteiger partial charge in [-0.3, -0.25) is 9.80 Å². The number of nitrogens with zero attached hydrogens (tertiary/aromatic N) is 4. The van der Waals surface area contributed by atoms with Gasteiger partial charge in [-0.15, -0.1) is 10.2 Å². The predicted octanol–water partition coefficient (Wildman–Crippen LogP) is 2.15. The zero-order chi connectivity index (χ0) is 17.8. The molecule has 3 rings (SSSR count). The molecule has 2 aromatic rings. The van der Waals surface area contributed by atoms with Crippen LogP contribution in [0.4, 0.5) is 4.39 Å². The Morgan fingerprint density at radius 1 is 1.28 bits per heavy atom. The highest BCUT2D eigenvalue weighted by atomic mass is 19.1. The van der Waals surface area contributed by atoms with Gasteiger partial charge in [-0.2, -0.15) is 0 Å². The molecule has 1 aliphatic rings. The van der Waals surface area contributed by atoms with Crippen LogP contribution in [0.2, 0.25) is 0 Å². The molecular formula is C18H25FN4O2. The zero-order valence-electron chi connectivity index (χ0n) is 14.7. The van der Waals surface area contributed by atoms with Crippen molar-refractivity contribution in [2.45, 2.75) is 39.0 Å². The van der Waals surface area contributed by atoms with Crippen LogP contribution < -0.4 is 0 Å². The van der Waals surface area contributed by atoms with Crippen molar-refractivity contribution in [3.63, 3.8) is 0 Å². The number of aromatic nitrogens is 2. The van der Waals surface area contributed by atoms with Gasteiger partial charge in [0.1, 0.15) is 5.82 Å². The summed E-state index contributed by atoms with van der Waals surface area (Å²) in [6.45, 7) is 8.04. The van der Waals surface area contributed by atoms with Gasteiger partial charge in [0.05, 0.1) is 12.6 Å². The first-order chi connectivity index (χ1) is 12.0. The molecule has 0 saturated carbocycles. The van der Waals surface area contributed by atoms with Gasteiger partial charge in [0.15, 0.2) is 0 Å². The third kappa shape index (κ3) is 4.62. The number of rotatable bonds is 6. The van der Waals surface area contributed by atoms with E-state index in [1.54, 1.807) is 12.1 Å². The predicted molar refractivity (Wildman–Crippen MR) is 92.3 cm³/mol. The summed E-state index contributed by atoms with van der Waals surface area (Å²) >= 11 is 0. The molecule has 2 heterocycles. The molecule has 1 N–H and O–H groups in total. The molecule has 1 aliphatic heterocycles. The van der Waals surface area contributed by atoms with E-state index in [-0.39, 0.29) is 11.9 Å². The van der Waals surface area contributed by atoms with Gasteiger partial charge in [0.2, 0.25) is 11.8 Å². The van der Waals surface area contributed by atoms with Gasteiger partial charge in [0, 0.05) is 37.8 Å². The fourth-order valence-electron chi connectivity index (χ4n) is 3.29. The number of hydrogen-bond acceptors (Lipinski definition) is 6. The Morgan fingerprint density at radius 2 is 2.04 bits per heavy atom. The van der Waals surface area contributed by atoms with Crippen LogP contribution in [0.1, 0.15) is 26.2 Å². The van der Waals surface area contributed by atoms with E-state index in [0.717, 1.165) is 26.1 Å². The summed E-state index contributed by atoms with van der Waals surface area (Å²) in [4.78, 5) is 4.65. The topological polar surface area (TPSA) is 65.6 Å². The molecule has 0 spiro atoms. The molecule has 136 valence electrons. The highest BCUT2D eigenvalue weighted by Gasteiger charge is 2.27. The Balaban J connectivity index is 1.61. The Morgan fingerprint density at radius 3 is 2.72 bits per heavy atom. The Kier molecular flexibility index (Phi) is 5.78. The van der Waals surface area contributed by atoms with E-state index in [0.29, 0.717) is 36.5 Å². The second kappa shape index (κ2) is 8.03. The van der Waals surface area contributed by atoms with E-state index in [9.17, 15) is 9.50 Å². The van der Waals surface area contributed by atoms with Gasteiger partial charge < -0.3 is 9.52 Å². The van der Waals surface area contributed by atoms with Crippen molar-refractivity contribution in [1.82, 2.24) is 20.0 Å². The van der Waals surface area contributed by atoms with Crippen molar-refractivity contribution in [1.29, 1.82) is 0 Å². The average molecular weight is 348 g/mol. The lowest BCUT2D eigenvalue weighted by molar-refractivity contribution is 0.0309. The molecule has 25 heavy (non-hydrogen) atoms. The quantitative estimate of drug-likeness (QED) is 0.863. The van der Waals surface area contributed by atoms with Crippen molar-refractivity contribution >= 4 is 0 Å². The standard InChI is InChI=1S/C18H25FN4O2/c1-3-16-11-22(8-9-23(16)10-13(2)24)12-17-20-21-18(25-17)14-4-6-15(19)7-5-14/h4-7,13,16,24H,3,8-12H2,1-2H3/t13-,16-/m1/s1. The largest absolute Gasteiger partial charge is 0.419 e. The summed E-state index contributed by atoms with van der Waals surface area (Å²) in [5, 5.41) is 17.8. The van der Waals surface area contributed by atoms with Crippen molar-refractivity contribution in [3.05, 3.63) is 36.0 Å². The molecule has 0 amide bonds. The summed E-state index contributed by atoms with van der Waals surface area (Å²) in [5.41, 5.74) is 0.716. The first-order valence-electron chi connectivity index (χ1n) is 8.78. The van der Waals surface area contributed by atoms with Gasteiger partial charge in [-0.05, 0) is 37.6 Å². The van der Waals surface area contributed by atoms with Crippen molar-refractivity contribution < 1.29 is 13.9 Å². The van der Waals surface area contributed by atoms with E-state index in [1.165, 1.54) is 12.1 Å². The summed E-state index contributed by atoms with van der Waals surface area (Å²) in [7, 11) is 0. The lowest BCUT2D eigenvalue weighted by Crippen LogP contribution is -2.54.